The minimum atomic E-state index is -3.49. The summed E-state index contributed by atoms with van der Waals surface area (Å²) in [5.41, 5.74) is 0.787. The molecule has 2 N–H and O–H groups in total. The number of hydrogen-bond donors (Lipinski definition) is 2. The summed E-state index contributed by atoms with van der Waals surface area (Å²) in [6.45, 7) is 0. The summed E-state index contributed by atoms with van der Waals surface area (Å²) in [5, 5.41) is 9.81. The van der Waals surface area contributed by atoms with Crippen molar-refractivity contribution in [3.05, 3.63) is 47.4 Å². The fourth-order valence-electron chi connectivity index (χ4n) is 3.11. The molecule has 1 saturated carbocycles. The molecule has 0 aliphatic heterocycles. The number of ether oxygens (including phenoxy) is 1. The van der Waals surface area contributed by atoms with Gasteiger partial charge in [-0.2, -0.15) is 0 Å². The van der Waals surface area contributed by atoms with Crippen LogP contribution in [0.1, 0.15) is 44.1 Å². The Bertz CT molecular complexity index is 768. The van der Waals surface area contributed by atoms with Crippen molar-refractivity contribution in [1.82, 2.24) is 4.72 Å². The number of sulfonamides is 1. The maximum absolute atomic E-state index is 12.3. The van der Waals surface area contributed by atoms with E-state index in [9.17, 15) is 13.2 Å². The Hall–Kier alpha value is -2.12. The topological polar surface area (TPSA) is 92.7 Å². The molecule has 0 aromatic heterocycles. The summed E-state index contributed by atoms with van der Waals surface area (Å²) < 4.78 is 32.3. The van der Waals surface area contributed by atoms with Gasteiger partial charge in [-0.25, -0.2) is 13.1 Å². The van der Waals surface area contributed by atoms with Crippen molar-refractivity contribution in [2.75, 3.05) is 7.11 Å². The second kappa shape index (κ2) is 10.3. The summed E-state index contributed by atoms with van der Waals surface area (Å²) in [4.78, 5) is 10.5. The molecule has 1 fully saturated rings. The molecule has 1 aromatic rings. The lowest BCUT2D eigenvalue weighted by atomic mass is 10.1. The average molecular weight is 394 g/mol. The Morgan fingerprint density at radius 1 is 1.30 bits per heavy atom. The number of carboxylic acids is 1. The number of unbranched alkanes of at least 4 members (excludes halogenated alkanes) is 1. The van der Waals surface area contributed by atoms with E-state index in [1.54, 1.807) is 37.5 Å². The highest BCUT2D eigenvalue weighted by atomic mass is 32.2. The van der Waals surface area contributed by atoms with Gasteiger partial charge in [0, 0.05) is 17.9 Å². The van der Waals surface area contributed by atoms with Crippen molar-refractivity contribution >= 4 is 22.1 Å². The third kappa shape index (κ3) is 7.97. The van der Waals surface area contributed by atoms with E-state index >= 15 is 0 Å². The van der Waals surface area contributed by atoms with Crippen LogP contribution in [-0.2, 0) is 14.8 Å². The molecular formula is C20H27NO5S. The first-order chi connectivity index (χ1) is 12.9. The van der Waals surface area contributed by atoms with Gasteiger partial charge in [-0.05, 0) is 61.8 Å². The van der Waals surface area contributed by atoms with Crippen LogP contribution < -0.4 is 9.46 Å². The molecule has 0 spiro atoms. The van der Waals surface area contributed by atoms with E-state index in [1.165, 1.54) is 5.41 Å². The van der Waals surface area contributed by atoms with Crippen LogP contribution in [0.5, 0.6) is 5.75 Å². The summed E-state index contributed by atoms with van der Waals surface area (Å²) in [6.07, 6.45) is 9.72. The van der Waals surface area contributed by atoms with Gasteiger partial charge in [-0.15, -0.1) is 0 Å². The summed E-state index contributed by atoms with van der Waals surface area (Å²) >= 11 is 0. The standard InChI is InChI=1S/C20H27NO5S/c1-26-19-11-8-16(9-12-19)13-14-27(24,25)21-18-10-7-17(15-18)5-3-2-4-6-20(22)23/h3,5,8-9,11-14,17-18,21H,2,4,6-7,10,15H2,1H3,(H,22,23)/b5-3+,14-13+. The number of nitrogens with one attached hydrogen (secondary N) is 1. The number of allylic oxidation sites excluding steroid dienone is 2. The first-order valence-corrected chi connectivity index (χ1v) is 10.7. The van der Waals surface area contributed by atoms with E-state index in [0.29, 0.717) is 12.3 Å². The van der Waals surface area contributed by atoms with Crippen LogP contribution in [0.15, 0.2) is 41.8 Å². The van der Waals surface area contributed by atoms with Crippen LogP contribution in [0.3, 0.4) is 0 Å². The maximum atomic E-state index is 12.3. The van der Waals surface area contributed by atoms with Crippen LogP contribution in [0.25, 0.3) is 6.08 Å². The van der Waals surface area contributed by atoms with Gasteiger partial charge in [0.25, 0.3) is 0 Å². The number of aliphatic carboxylic acids is 1. The lowest BCUT2D eigenvalue weighted by molar-refractivity contribution is -0.137. The average Bonchev–Trinajstić information content (AvgIpc) is 3.06. The molecule has 0 radical (unpaired) electrons. The van der Waals surface area contributed by atoms with E-state index < -0.39 is 16.0 Å². The summed E-state index contributed by atoms with van der Waals surface area (Å²) in [6, 6.07) is 7.09. The van der Waals surface area contributed by atoms with Gasteiger partial charge in [0.1, 0.15) is 5.75 Å². The first-order valence-electron chi connectivity index (χ1n) is 9.11. The zero-order valence-corrected chi connectivity index (χ0v) is 16.3. The highest BCUT2D eigenvalue weighted by Gasteiger charge is 2.25. The Morgan fingerprint density at radius 3 is 2.70 bits per heavy atom. The van der Waals surface area contributed by atoms with Gasteiger partial charge in [0.05, 0.1) is 7.11 Å². The van der Waals surface area contributed by atoms with Crippen molar-refractivity contribution in [1.29, 1.82) is 0 Å². The molecule has 0 bridgehead atoms. The third-order valence-electron chi connectivity index (χ3n) is 4.53. The second-order valence-electron chi connectivity index (χ2n) is 6.72. The van der Waals surface area contributed by atoms with Gasteiger partial charge < -0.3 is 9.84 Å². The van der Waals surface area contributed by atoms with Gasteiger partial charge >= 0.3 is 5.97 Å². The van der Waals surface area contributed by atoms with Crippen molar-refractivity contribution in [3.63, 3.8) is 0 Å². The molecule has 1 aliphatic carbocycles. The predicted octanol–water partition coefficient (Wildman–Crippen LogP) is 3.57. The molecule has 1 aliphatic rings. The number of methoxy groups -OCH3 is 1. The Morgan fingerprint density at radius 2 is 2.04 bits per heavy atom. The molecule has 0 amide bonds. The van der Waals surface area contributed by atoms with Crippen LogP contribution in [-0.4, -0.2) is 32.6 Å². The molecule has 0 saturated heterocycles. The van der Waals surface area contributed by atoms with E-state index in [0.717, 1.165) is 37.0 Å². The number of carbonyl (C=O) groups is 1. The fraction of sp³-hybridized carbons (Fsp3) is 0.450. The smallest absolute Gasteiger partial charge is 0.303 e. The highest BCUT2D eigenvalue weighted by Crippen LogP contribution is 2.27. The minimum Gasteiger partial charge on any atom is -0.497 e. The molecule has 0 heterocycles. The monoisotopic (exact) mass is 393 g/mol. The van der Waals surface area contributed by atoms with E-state index in [1.807, 2.05) is 6.08 Å². The zero-order chi connectivity index (χ0) is 19.7. The molecule has 2 rings (SSSR count). The molecule has 6 nitrogen and oxygen atoms in total. The van der Waals surface area contributed by atoms with Gasteiger partial charge in [0.2, 0.25) is 10.0 Å². The van der Waals surface area contributed by atoms with Crippen molar-refractivity contribution in [2.45, 2.75) is 44.6 Å². The quantitative estimate of drug-likeness (QED) is 0.468. The molecular weight excluding hydrogens is 366 g/mol. The van der Waals surface area contributed by atoms with Gasteiger partial charge in [0.15, 0.2) is 0 Å². The van der Waals surface area contributed by atoms with Crippen molar-refractivity contribution in [3.8, 4) is 5.75 Å². The number of benzene rings is 1. The summed E-state index contributed by atoms with van der Waals surface area (Å²) in [5.74, 6) is 0.288. The molecule has 2 unspecified atom stereocenters. The molecule has 7 heteroatoms. The Labute approximate surface area is 161 Å². The molecule has 148 valence electrons. The largest absolute Gasteiger partial charge is 0.497 e. The minimum absolute atomic E-state index is 0.0656. The lowest BCUT2D eigenvalue weighted by Gasteiger charge is -2.10. The van der Waals surface area contributed by atoms with Crippen LogP contribution in [0.4, 0.5) is 0 Å². The molecule has 1 aromatic carbocycles. The highest BCUT2D eigenvalue weighted by molar-refractivity contribution is 7.92. The lowest BCUT2D eigenvalue weighted by Crippen LogP contribution is -2.31. The van der Waals surface area contributed by atoms with E-state index in [2.05, 4.69) is 10.8 Å². The Kier molecular flexibility index (Phi) is 8.06. The molecule has 2 atom stereocenters. The number of rotatable bonds is 10. The number of hydrogen-bond acceptors (Lipinski definition) is 4. The van der Waals surface area contributed by atoms with Crippen molar-refractivity contribution < 1.29 is 23.1 Å². The maximum Gasteiger partial charge on any atom is 0.303 e. The van der Waals surface area contributed by atoms with Gasteiger partial charge in [-0.1, -0.05) is 24.3 Å². The second-order valence-corrected chi connectivity index (χ2v) is 8.32. The number of carboxylic acid groups (broad SMARTS) is 1. The summed E-state index contributed by atoms with van der Waals surface area (Å²) in [7, 11) is -1.91. The van der Waals surface area contributed by atoms with Gasteiger partial charge in [-0.3, -0.25) is 4.79 Å². The van der Waals surface area contributed by atoms with Crippen LogP contribution >= 0.6 is 0 Å². The SMILES string of the molecule is COc1ccc(/C=C/S(=O)(=O)NC2CCC(/C=C/CCCC(=O)O)C2)cc1. The van der Waals surface area contributed by atoms with Crippen molar-refractivity contribution in [2.24, 2.45) is 5.92 Å². The van der Waals surface area contributed by atoms with Crippen LogP contribution in [0, 0.1) is 5.92 Å². The van der Waals surface area contributed by atoms with E-state index in [4.69, 9.17) is 9.84 Å². The fourth-order valence-corrected chi connectivity index (χ4v) is 4.21. The van der Waals surface area contributed by atoms with E-state index in [-0.39, 0.29) is 12.5 Å². The molecule has 27 heavy (non-hydrogen) atoms. The van der Waals surface area contributed by atoms with Crippen LogP contribution in [0.2, 0.25) is 0 Å². The predicted molar refractivity (Wildman–Crippen MR) is 106 cm³/mol. The zero-order valence-electron chi connectivity index (χ0n) is 15.5. The first kappa shape index (κ1) is 21.2. The third-order valence-corrected chi connectivity index (χ3v) is 5.69. The normalized spacial score (nSPS) is 20.5. The Balaban J connectivity index is 1.79.